The molecule has 2 rings (SSSR count). The van der Waals surface area contributed by atoms with Crippen molar-refractivity contribution in [2.75, 3.05) is 38.1 Å². The summed E-state index contributed by atoms with van der Waals surface area (Å²) in [7, 11) is 2.10. The molecule has 18 heavy (non-hydrogen) atoms. The first-order valence-corrected chi connectivity index (χ1v) is 7.13. The lowest BCUT2D eigenvalue weighted by Crippen LogP contribution is -2.31. The third-order valence-corrected chi connectivity index (χ3v) is 4.07. The summed E-state index contributed by atoms with van der Waals surface area (Å²) in [5, 5.41) is 8.85. The molecule has 1 aromatic carbocycles. The summed E-state index contributed by atoms with van der Waals surface area (Å²) in [6.45, 7) is 4.61. The zero-order chi connectivity index (χ0) is 13.0. The Hall–Kier alpha value is -1.05. The van der Waals surface area contributed by atoms with Crippen LogP contribution in [0, 0.1) is 11.3 Å². The number of rotatable bonds is 4. The Balaban J connectivity index is 1.95. The van der Waals surface area contributed by atoms with Gasteiger partial charge < -0.3 is 9.80 Å². The monoisotopic (exact) mass is 307 g/mol. The molecular weight excluding hydrogens is 290 g/mol. The normalized spacial score (nSPS) is 15.6. The van der Waals surface area contributed by atoms with Gasteiger partial charge in [0.2, 0.25) is 0 Å². The average molecular weight is 308 g/mol. The molecule has 4 heteroatoms. The maximum absolute atomic E-state index is 8.85. The second-order valence-electron chi connectivity index (χ2n) is 4.75. The Kier molecular flexibility index (Phi) is 4.62. The van der Waals surface area contributed by atoms with Gasteiger partial charge in [-0.15, -0.1) is 0 Å². The Morgan fingerprint density at radius 3 is 2.72 bits per heavy atom. The van der Waals surface area contributed by atoms with Gasteiger partial charge in [-0.3, -0.25) is 0 Å². The minimum Gasteiger partial charge on any atom is -0.372 e. The van der Waals surface area contributed by atoms with E-state index in [0.29, 0.717) is 5.56 Å². The minimum atomic E-state index is 0.693. The lowest BCUT2D eigenvalue weighted by atomic mass is 10.2. The standard InChI is InChI=1S/C14H18BrN3/c1-17(8-9-18-6-2-3-7-18)14-5-4-12(11-16)10-13(14)15/h4-5,10H,2-3,6-9H2,1H3. The van der Waals surface area contributed by atoms with Crippen LogP contribution >= 0.6 is 15.9 Å². The summed E-state index contributed by atoms with van der Waals surface area (Å²) >= 11 is 3.54. The van der Waals surface area contributed by atoms with Crippen molar-refractivity contribution in [1.29, 1.82) is 5.26 Å². The molecule has 0 aromatic heterocycles. The van der Waals surface area contributed by atoms with Crippen LogP contribution in [0.4, 0.5) is 5.69 Å². The van der Waals surface area contributed by atoms with Crippen molar-refractivity contribution in [3.05, 3.63) is 28.2 Å². The van der Waals surface area contributed by atoms with Gasteiger partial charge in [0.25, 0.3) is 0 Å². The van der Waals surface area contributed by atoms with Crippen LogP contribution in [0.2, 0.25) is 0 Å². The summed E-state index contributed by atoms with van der Waals surface area (Å²) in [6, 6.07) is 7.90. The van der Waals surface area contributed by atoms with E-state index in [1.807, 2.05) is 18.2 Å². The maximum atomic E-state index is 8.85. The van der Waals surface area contributed by atoms with Gasteiger partial charge in [-0.2, -0.15) is 5.26 Å². The summed E-state index contributed by atoms with van der Waals surface area (Å²) in [6.07, 6.45) is 2.68. The Labute approximate surface area is 117 Å². The van der Waals surface area contributed by atoms with Crippen molar-refractivity contribution in [1.82, 2.24) is 4.90 Å². The smallest absolute Gasteiger partial charge is 0.0992 e. The number of likely N-dealkylation sites (N-methyl/N-ethyl adjacent to an activating group) is 1. The highest BCUT2D eigenvalue weighted by molar-refractivity contribution is 9.10. The molecule has 1 saturated heterocycles. The van der Waals surface area contributed by atoms with E-state index in [9.17, 15) is 0 Å². The number of nitriles is 1. The van der Waals surface area contributed by atoms with Gasteiger partial charge in [-0.25, -0.2) is 0 Å². The fraction of sp³-hybridized carbons (Fsp3) is 0.500. The highest BCUT2D eigenvalue weighted by Gasteiger charge is 2.13. The van der Waals surface area contributed by atoms with E-state index in [2.05, 4.69) is 38.8 Å². The van der Waals surface area contributed by atoms with Gasteiger partial charge in [0.15, 0.2) is 0 Å². The van der Waals surface area contributed by atoms with E-state index in [-0.39, 0.29) is 0 Å². The van der Waals surface area contributed by atoms with Gasteiger partial charge in [-0.05, 0) is 60.1 Å². The SMILES string of the molecule is CN(CCN1CCCC1)c1ccc(C#N)cc1Br. The van der Waals surface area contributed by atoms with Crippen molar-refractivity contribution in [2.45, 2.75) is 12.8 Å². The van der Waals surface area contributed by atoms with Crippen molar-refractivity contribution >= 4 is 21.6 Å². The van der Waals surface area contributed by atoms with E-state index in [1.165, 1.54) is 25.9 Å². The molecule has 0 unspecified atom stereocenters. The summed E-state index contributed by atoms with van der Waals surface area (Å²) in [5.74, 6) is 0. The second kappa shape index (κ2) is 6.21. The average Bonchev–Trinajstić information content (AvgIpc) is 2.88. The van der Waals surface area contributed by atoms with Crippen LogP contribution in [0.15, 0.2) is 22.7 Å². The fourth-order valence-corrected chi connectivity index (χ4v) is 2.99. The lowest BCUT2D eigenvalue weighted by molar-refractivity contribution is 0.346. The van der Waals surface area contributed by atoms with Crippen LogP contribution in [0.3, 0.4) is 0 Å². The van der Waals surface area contributed by atoms with Crippen molar-refractivity contribution in [2.24, 2.45) is 0 Å². The van der Waals surface area contributed by atoms with Gasteiger partial charge in [-0.1, -0.05) is 0 Å². The molecule has 0 aliphatic carbocycles. The third kappa shape index (κ3) is 3.24. The van der Waals surface area contributed by atoms with Crippen molar-refractivity contribution in [3.8, 4) is 6.07 Å². The molecule has 1 aromatic rings. The molecule has 0 radical (unpaired) electrons. The molecule has 0 amide bonds. The van der Waals surface area contributed by atoms with E-state index >= 15 is 0 Å². The molecule has 0 N–H and O–H groups in total. The van der Waals surface area contributed by atoms with Crippen LogP contribution in [0.5, 0.6) is 0 Å². The number of hydrogen-bond donors (Lipinski definition) is 0. The van der Waals surface area contributed by atoms with Crippen LogP contribution in [0.25, 0.3) is 0 Å². The Morgan fingerprint density at radius 1 is 1.39 bits per heavy atom. The molecule has 96 valence electrons. The number of benzene rings is 1. The molecule has 3 nitrogen and oxygen atoms in total. The topological polar surface area (TPSA) is 30.3 Å². The first kappa shape index (κ1) is 13.4. The molecule has 0 spiro atoms. The number of halogens is 1. The zero-order valence-corrected chi connectivity index (χ0v) is 12.3. The second-order valence-corrected chi connectivity index (χ2v) is 5.60. The molecule has 1 aliphatic heterocycles. The van der Waals surface area contributed by atoms with Crippen LogP contribution < -0.4 is 4.90 Å². The van der Waals surface area contributed by atoms with Crippen molar-refractivity contribution < 1.29 is 0 Å². The number of nitrogens with zero attached hydrogens (tertiary/aromatic N) is 3. The maximum Gasteiger partial charge on any atom is 0.0992 e. The van der Waals surface area contributed by atoms with Gasteiger partial charge in [0.1, 0.15) is 0 Å². The Morgan fingerprint density at radius 2 is 2.11 bits per heavy atom. The van der Waals surface area contributed by atoms with Crippen LogP contribution in [0.1, 0.15) is 18.4 Å². The first-order valence-electron chi connectivity index (χ1n) is 6.34. The molecule has 0 bridgehead atoms. The van der Waals surface area contributed by atoms with Crippen molar-refractivity contribution in [3.63, 3.8) is 0 Å². The van der Waals surface area contributed by atoms with Gasteiger partial charge in [0.05, 0.1) is 17.3 Å². The molecule has 1 fully saturated rings. The molecule has 0 saturated carbocycles. The fourth-order valence-electron chi connectivity index (χ4n) is 2.30. The van der Waals surface area contributed by atoms with Gasteiger partial charge >= 0.3 is 0 Å². The minimum absolute atomic E-state index is 0.693. The largest absolute Gasteiger partial charge is 0.372 e. The van der Waals surface area contributed by atoms with Crippen LogP contribution in [-0.4, -0.2) is 38.1 Å². The van der Waals surface area contributed by atoms with E-state index in [1.54, 1.807) is 0 Å². The number of likely N-dealkylation sites (tertiary alicyclic amines) is 1. The Bertz CT molecular complexity index is 447. The summed E-state index contributed by atoms with van der Waals surface area (Å²) in [4.78, 5) is 4.75. The highest BCUT2D eigenvalue weighted by Crippen LogP contribution is 2.26. The lowest BCUT2D eigenvalue weighted by Gasteiger charge is -2.24. The summed E-state index contributed by atoms with van der Waals surface area (Å²) in [5.41, 5.74) is 1.84. The predicted octanol–water partition coefficient (Wildman–Crippen LogP) is 2.85. The number of hydrogen-bond acceptors (Lipinski definition) is 3. The van der Waals surface area contributed by atoms with E-state index in [0.717, 1.165) is 23.2 Å². The van der Waals surface area contributed by atoms with E-state index in [4.69, 9.17) is 5.26 Å². The molecule has 0 atom stereocenters. The molecule has 1 heterocycles. The number of anilines is 1. The highest BCUT2D eigenvalue weighted by atomic mass is 79.9. The summed E-state index contributed by atoms with van der Waals surface area (Å²) < 4.78 is 0.991. The quantitative estimate of drug-likeness (QED) is 0.857. The molecular formula is C14H18BrN3. The zero-order valence-electron chi connectivity index (χ0n) is 10.7. The van der Waals surface area contributed by atoms with Crippen LogP contribution in [-0.2, 0) is 0 Å². The van der Waals surface area contributed by atoms with E-state index < -0.39 is 0 Å². The first-order chi connectivity index (χ1) is 8.70. The van der Waals surface area contributed by atoms with Gasteiger partial charge in [0, 0.05) is 24.6 Å². The third-order valence-electron chi connectivity index (χ3n) is 3.44. The molecule has 1 aliphatic rings. The predicted molar refractivity (Wildman–Crippen MR) is 77.8 cm³/mol.